The van der Waals surface area contributed by atoms with Gasteiger partial charge in [0.05, 0.1) is 23.6 Å². The average Bonchev–Trinajstić information content (AvgIpc) is 3.11. The number of rotatable bonds is 4. The van der Waals surface area contributed by atoms with Gasteiger partial charge in [-0.3, -0.25) is 10.1 Å². The van der Waals surface area contributed by atoms with Crippen LogP contribution < -0.4 is 10.1 Å². The Hall–Kier alpha value is -2.82. The molecule has 1 N–H and O–H groups in total. The zero-order valence-corrected chi connectivity index (χ0v) is 14.0. The molecule has 2 aliphatic rings. The number of nitro benzene ring substituents is 1. The van der Waals surface area contributed by atoms with E-state index in [1.54, 1.807) is 0 Å². The maximum atomic E-state index is 11.7. The Kier molecular flexibility index (Phi) is 3.92. The summed E-state index contributed by atoms with van der Waals surface area (Å²) < 4.78 is 5.57. The van der Waals surface area contributed by atoms with Gasteiger partial charge in [-0.2, -0.15) is 0 Å². The van der Waals surface area contributed by atoms with Crippen molar-refractivity contribution in [1.82, 2.24) is 0 Å². The zero-order valence-electron chi connectivity index (χ0n) is 14.0. The van der Waals surface area contributed by atoms with E-state index >= 15 is 0 Å². The molecule has 0 amide bonds. The van der Waals surface area contributed by atoms with E-state index in [-0.39, 0.29) is 22.6 Å². The van der Waals surface area contributed by atoms with Crippen LogP contribution in [0, 0.1) is 16.0 Å². The van der Waals surface area contributed by atoms with E-state index in [2.05, 4.69) is 29.6 Å². The van der Waals surface area contributed by atoms with E-state index < -0.39 is 0 Å². The number of ether oxygens (including phenoxy) is 1. The first-order valence-electron chi connectivity index (χ1n) is 8.62. The van der Waals surface area contributed by atoms with Crippen LogP contribution in [0.5, 0.6) is 5.75 Å². The summed E-state index contributed by atoms with van der Waals surface area (Å²) in [5.41, 5.74) is 2.83. The molecule has 4 rings (SSSR count). The van der Waals surface area contributed by atoms with Crippen molar-refractivity contribution in [2.75, 3.05) is 11.9 Å². The van der Waals surface area contributed by atoms with Gasteiger partial charge in [-0.1, -0.05) is 42.5 Å². The van der Waals surface area contributed by atoms with Gasteiger partial charge in [-0.15, -0.1) is 0 Å². The summed E-state index contributed by atoms with van der Waals surface area (Å²) in [4.78, 5) is 11.3. The van der Waals surface area contributed by atoms with E-state index in [1.807, 2.05) is 31.2 Å². The van der Waals surface area contributed by atoms with Crippen LogP contribution in [0.15, 0.2) is 54.6 Å². The monoisotopic (exact) mass is 336 g/mol. The number of nitro groups is 1. The second-order valence-corrected chi connectivity index (χ2v) is 6.48. The highest BCUT2D eigenvalue weighted by Gasteiger charge is 2.41. The van der Waals surface area contributed by atoms with E-state index in [9.17, 15) is 10.1 Å². The van der Waals surface area contributed by atoms with Crippen LogP contribution in [0.2, 0.25) is 0 Å². The predicted molar refractivity (Wildman–Crippen MR) is 97.1 cm³/mol. The lowest BCUT2D eigenvalue weighted by Gasteiger charge is -2.37. The molecule has 0 bridgehead atoms. The maximum Gasteiger partial charge on any atom is 0.296 e. The Labute approximate surface area is 146 Å². The molecule has 1 heterocycles. The predicted octanol–water partition coefficient (Wildman–Crippen LogP) is 4.82. The summed E-state index contributed by atoms with van der Waals surface area (Å²) in [5.74, 6) is 1.08. The minimum absolute atomic E-state index is 0.0605. The number of fused-ring (bicyclic) bond motifs is 3. The average molecular weight is 336 g/mol. The Bertz CT molecular complexity index is 832. The van der Waals surface area contributed by atoms with Gasteiger partial charge in [0.2, 0.25) is 0 Å². The van der Waals surface area contributed by atoms with Crippen molar-refractivity contribution in [2.24, 2.45) is 5.92 Å². The molecule has 0 aromatic heterocycles. The van der Waals surface area contributed by atoms with Crippen molar-refractivity contribution in [1.29, 1.82) is 0 Å². The standard InChI is InChI=1S/C20H20N2O3/c1-2-25-14-11-17-15-9-6-10-16(15)19(13-7-4-3-5-8-13)21-20(17)18(12-14)22(23)24/h3-9,11-12,15-16,19,21H,2,10H2,1H3/t15-,16+,19-/m0/s1. The molecule has 5 nitrogen and oxygen atoms in total. The number of hydrogen-bond acceptors (Lipinski definition) is 4. The molecule has 1 aliphatic heterocycles. The SMILES string of the molecule is CCOc1cc2c(c([N+](=O)[O-])c1)N[C@@H](c1ccccc1)[C@@H]1CC=C[C@H]21. The second kappa shape index (κ2) is 6.24. The molecule has 0 saturated carbocycles. The normalized spacial score (nSPS) is 23.5. The van der Waals surface area contributed by atoms with Gasteiger partial charge < -0.3 is 10.1 Å². The van der Waals surface area contributed by atoms with E-state index in [1.165, 1.54) is 6.07 Å². The molecule has 0 radical (unpaired) electrons. The lowest BCUT2D eigenvalue weighted by Crippen LogP contribution is -2.29. The third-order valence-electron chi connectivity index (χ3n) is 5.09. The Morgan fingerprint density at radius 3 is 2.80 bits per heavy atom. The molecule has 0 spiro atoms. The quantitative estimate of drug-likeness (QED) is 0.494. The molecular formula is C20H20N2O3. The van der Waals surface area contributed by atoms with Crippen LogP contribution in [-0.2, 0) is 0 Å². The summed E-state index contributed by atoms with van der Waals surface area (Å²) in [7, 11) is 0. The number of hydrogen-bond donors (Lipinski definition) is 1. The molecular weight excluding hydrogens is 316 g/mol. The lowest BCUT2D eigenvalue weighted by atomic mass is 9.76. The fourth-order valence-corrected chi connectivity index (χ4v) is 4.04. The summed E-state index contributed by atoms with van der Waals surface area (Å²) in [6, 6.07) is 13.7. The third kappa shape index (κ3) is 2.65. The van der Waals surface area contributed by atoms with Crippen molar-refractivity contribution < 1.29 is 9.66 Å². The Morgan fingerprint density at radius 1 is 1.28 bits per heavy atom. The smallest absolute Gasteiger partial charge is 0.296 e. The largest absolute Gasteiger partial charge is 0.494 e. The number of nitrogens with zero attached hydrogens (tertiary/aromatic N) is 1. The van der Waals surface area contributed by atoms with Crippen molar-refractivity contribution in [2.45, 2.75) is 25.3 Å². The molecule has 2 aromatic carbocycles. The molecule has 25 heavy (non-hydrogen) atoms. The first-order valence-corrected chi connectivity index (χ1v) is 8.62. The minimum atomic E-state index is -0.324. The van der Waals surface area contributed by atoms with Gasteiger partial charge in [0.25, 0.3) is 5.69 Å². The third-order valence-corrected chi connectivity index (χ3v) is 5.09. The number of allylic oxidation sites excluding steroid dienone is 2. The molecule has 0 fully saturated rings. The molecule has 5 heteroatoms. The summed E-state index contributed by atoms with van der Waals surface area (Å²) in [6.45, 7) is 2.37. The lowest BCUT2D eigenvalue weighted by molar-refractivity contribution is -0.384. The van der Waals surface area contributed by atoms with Crippen molar-refractivity contribution in [3.8, 4) is 5.75 Å². The number of nitrogens with one attached hydrogen (secondary N) is 1. The molecule has 0 unspecified atom stereocenters. The van der Waals surface area contributed by atoms with Gasteiger partial charge in [-0.05, 0) is 36.5 Å². The highest BCUT2D eigenvalue weighted by Crippen LogP contribution is 2.53. The van der Waals surface area contributed by atoms with Gasteiger partial charge in [0, 0.05) is 5.92 Å². The van der Waals surface area contributed by atoms with Crippen LogP contribution in [-0.4, -0.2) is 11.5 Å². The van der Waals surface area contributed by atoms with Crippen molar-refractivity contribution >= 4 is 11.4 Å². The number of benzene rings is 2. The van der Waals surface area contributed by atoms with Gasteiger partial charge in [0.15, 0.2) is 0 Å². The zero-order chi connectivity index (χ0) is 17.4. The molecule has 2 aromatic rings. The van der Waals surface area contributed by atoms with Gasteiger partial charge in [0.1, 0.15) is 11.4 Å². The summed E-state index contributed by atoms with van der Waals surface area (Å²) in [6.07, 6.45) is 5.32. The topological polar surface area (TPSA) is 64.4 Å². The highest BCUT2D eigenvalue weighted by atomic mass is 16.6. The van der Waals surface area contributed by atoms with E-state index in [0.717, 1.165) is 17.5 Å². The van der Waals surface area contributed by atoms with Gasteiger partial charge >= 0.3 is 0 Å². The Morgan fingerprint density at radius 2 is 2.08 bits per heavy atom. The van der Waals surface area contributed by atoms with Crippen LogP contribution in [0.25, 0.3) is 0 Å². The van der Waals surface area contributed by atoms with Crippen LogP contribution in [0.3, 0.4) is 0 Å². The van der Waals surface area contributed by atoms with Crippen LogP contribution in [0.1, 0.15) is 36.4 Å². The Balaban J connectivity index is 1.85. The molecule has 128 valence electrons. The van der Waals surface area contributed by atoms with Crippen LogP contribution >= 0.6 is 0 Å². The van der Waals surface area contributed by atoms with Gasteiger partial charge in [-0.25, -0.2) is 0 Å². The molecule has 0 saturated heterocycles. The number of anilines is 1. The first kappa shape index (κ1) is 15.7. The fraction of sp³-hybridized carbons (Fsp3) is 0.300. The maximum absolute atomic E-state index is 11.7. The fourth-order valence-electron chi connectivity index (χ4n) is 4.04. The molecule has 3 atom stereocenters. The van der Waals surface area contributed by atoms with Crippen molar-refractivity contribution in [3.63, 3.8) is 0 Å². The molecule has 1 aliphatic carbocycles. The van der Waals surface area contributed by atoms with Crippen LogP contribution in [0.4, 0.5) is 11.4 Å². The second-order valence-electron chi connectivity index (χ2n) is 6.48. The first-order chi connectivity index (χ1) is 12.2. The van der Waals surface area contributed by atoms with Crippen molar-refractivity contribution in [3.05, 3.63) is 75.9 Å². The summed E-state index contributed by atoms with van der Waals surface area (Å²) in [5, 5.41) is 15.1. The van der Waals surface area contributed by atoms with E-state index in [4.69, 9.17) is 4.74 Å². The summed E-state index contributed by atoms with van der Waals surface area (Å²) >= 11 is 0. The van der Waals surface area contributed by atoms with E-state index in [0.29, 0.717) is 24.0 Å². The highest BCUT2D eigenvalue weighted by molar-refractivity contribution is 5.73. The minimum Gasteiger partial charge on any atom is -0.494 e.